The minimum Gasteiger partial charge on any atom is -0.494 e. The molecule has 0 bridgehead atoms. The number of nitrogens with zero attached hydrogens (tertiary/aromatic N) is 4. The lowest BCUT2D eigenvalue weighted by molar-refractivity contribution is -0.140. The average Bonchev–Trinajstić information content (AvgIpc) is 3.91. The van der Waals surface area contributed by atoms with E-state index in [1.807, 2.05) is 20.9 Å². The van der Waals surface area contributed by atoms with Gasteiger partial charge < -0.3 is 15.8 Å². The van der Waals surface area contributed by atoms with E-state index in [1.165, 1.54) is 19.4 Å². The number of carbonyl (C=O) groups is 2. The number of aliphatic imine (C=N–C) groups is 1. The zero-order chi connectivity index (χ0) is 30.6. The standard InChI is InChI=1S/C27H29F2N7O3S.C2H6.H2/c1-35-9-10-36(25(38)27(35)7-8-27)22-12-16(17-11-19(23(28)29)32-14-20(17)39-2)18(13-33-22)24(37)34-26(31)40-21(30)6-5-15-3-4-15;1-2;/h11-12,14-15,23,30,33H,3-4,7-10,13H2,1-2H3,(H2,31,34,37);1-2H3;1H. The number of piperazine rings is 1. The number of nitrogens with one attached hydrogen (secondary N) is 2. The predicted molar refractivity (Wildman–Crippen MR) is 161 cm³/mol. The molecule has 5 rings (SSSR count). The van der Waals surface area contributed by atoms with Crippen molar-refractivity contribution < 1.29 is 24.5 Å². The molecule has 3 heterocycles. The molecule has 10 nitrogen and oxygen atoms in total. The van der Waals surface area contributed by atoms with Crippen molar-refractivity contribution in [1.82, 2.24) is 20.1 Å². The van der Waals surface area contributed by atoms with Crippen LogP contribution in [0.1, 0.15) is 58.6 Å². The van der Waals surface area contributed by atoms with Gasteiger partial charge in [0.15, 0.2) is 5.17 Å². The van der Waals surface area contributed by atoms with Crippen molar-refractivity contribution in [3.63, 3.8) is 0 Å². The van der Waals surface area contributed by atoms with E-state index in [4.69, 9.17) is 15.9 Å². The molecule has 2 aliphatic carbocycles. The van der Waals surface area contributed by atoms with E-state index in [2.05, 4.69) is 32.0 Å². The van der Waals surface area contributed by atoms with Crippen LogP contribution in [-0.4, -0.2) is 76.1 Å². The molecule has 2 aliphatic heterocycles. The molecule has 3 fully saturated rings. The number of likely N-dealkylation sites (N-methyl/N-ethyl adjacent to an activating group) is 1. The summed E-state index contributed by atoms with van der Waals surface area (Å²) in [6, 6.07) is 1.17. The number of hydrogen-bond acceptors (Lipinski definition) is 8. The van der Waals surface area contributed by atoms with Gasteiger partial charge in [0.1, 0.15) is 27.8 Å². The highest BCUT2D eigenvalue weighted by atomic mass is 32.2. The molecule has 1 aromatic rings. The number of dihydropyridines is 1. The molecule has 2 amide bonds. The Morgan fingerprint density at radius 1 is 1.36 bits per heavy atom. The normalized spacial score (nSPS) is 19.8. The predicted octanol–water partition coefficient (Wildman–Crippen LogP) is 3.77. The van der Waals surface area contributed by atoms with E-state index < -0.39 is 23.6 Å². The quantitative estimate of drug-likeness (QED) is 0.264. The van der Waals surface area contributed by atoms with Gasteiger partial charge in [0, 0.05) is 38.1 Å². The van der Waals surface area contributed by atoms with Crippen LogP contribution in [0, 0.1) is 23.2 Å². The molecule has 1 saturated heterocycles. The first kappa shape index (κ1) is 31.2. The summed E-state index contributed by atoms with van der Waals surface area (Å²) in [6.45, 7) is 5.05. The van der Waals surface area contributed by atoms with Gasteiger partial charge in [-0.1, -0.05) is 19.8 Å². The Balaban J connectivity index is 0.00000165. The first-order chi connectivity index (χ1) is 20.1. The van der Waals surface area contributed by atoms with Crippen molar-refractivity contribution in [3.8, 4) is 17.6 Å². The largest absolute Gasteiger partial charge is 0.494 e. The third-order valence-corrected chi connectivity index (χ3v) is 7.97. The minimum absolute atomic E-state index is 0. The Morgan fingerprint density at radius 3 is 2.69 bits per heavy atom. The number of alkyl halides is 2. The van der Waals surface area contributed by atoms with Crippen molar-refractivity contribution in [3.05, 3.63) is 41.0 Å². The second kappa shape index (κ2) is 13.0. The second-order valence-corrected chi connectivity index (χ2v) is 11.1. The van der Waals surface area contributed by atoms with Crippen LogP contribution < -0.4 is 15.8 Å². The zero-order valence-electron chi connectivity index (χ0n) is 24.1. The SMILES string of the molecule is CC.COc1cnc(C(F)F)cc1C1=C(C(=O)N=C(N)SC(=N)C#CC2CC2)CNC(N2CCN(C)C3(CC3)C2=O)=C1.[HH]. The van der Waals surface area contributed by atoms with Gasteiger partial charge in [0.25, 0.3) is 12.3 Å². The van der Waals surface area contributed by atoms with Crippen molar-refractivity contribution >= 4 is 39.4 Å². The third kappa shape index (κ3) is 6.65. The Kier molecular flexibility index (Phi) is 9.68. The van der Waals surface area contributed by atoms with E-state index >= 15 is 0 Å². The molecule has 4 aliphatic rings. The van der Waals surface area contributed by atoms with E-state index in [0.717, 1.165) is 37.4 Å². The fraction of sp³-hybridized carbons (Fsp3) is 0.483. The highest BCUT2D eigenvalue weighted by molar-refractivity contribution is 8.26. The van der Waals surface area contributed by atoms with Gasteiger partial charge in [0.05, 0.1) is 13.3 Å². The Hall–Kier alpha value is -3.76. The van der Waals surface area contributed by atoms with Gasteiger partial charge in [-0.15, -0.1) is 0 Å². The molecule has 2 saturated carbocycles. The number of allylic oxidation sites excluding steroid dienone is 2. The number of halogens is 2. The summed E-state index contributed by atoms with van der Waals surface area (Å²) >= 11 is 0.770. The monoisotopic (exact) mass is 601 g/mol. The average molecular weight is 602 g/mol. The first-order valence-corrected chi connectivity index (χ1v) is 14.7. The summed E-state index contributed by atoms with van der Waals surface area (Å²) in [5.41, 5.74) is 5.55. The topological polar surface area (TPSA) is 137 Å². The molecule has 0 aromatic carbocycles. The number of amides is 2. The number of pyridine rings is 1. The second-order valence-electron chi connectivity index (χ2n) is 10.0. The maximum absolute atomic E-state index is 13.6. The fourth-order valence-corrected chi connectivity index (χ4v) is 5.19. The Morgan fingerprint density at radius 2 is 2.07 bits per heavy atom. The molecule has 0 radical (unpaired) electrons. The van der Waals surface area contributed by atoms with E-state index in [-0.39, 0.29) is 46.5 Å². The highest BCUT2D eigenvalue weighted by Gasteiger charge is 2.57. The van der Waals surface area contributed by atoms with E-state index in [9.17, 15) is 18.4 Å². The summed E-state index contributed by atoms with van der Waals surface area (Å²) in [5, 5.41) is 10.9. The zero-order valence-corrected chi connectivity index (χ0v) is 24.9. The molecular weight excluding hydrogens is 564 g/mol. The lowest BCUT2D eigenvalue weighted by Crippen LogP contribution is -2.58. The lowest BCUT2D eigenvalue weighted by atomic mass is 9.95. The lowest BCUT2D eigenvalue weighted by Gasteiger charge is -2.41. The number of thioether (sulfide) groups is 1. The van der Waals surface area contributed by atoms with Crippen LogP contribution in [-0.2, 0) is 9.59 Å². The molecule has 1 spiro atoms. The summed E-state index contributed by atoms with van der Waals surface area (Å²) in [6.07, 6.45) is 3.47. The number of methoxy groups -OCH3 is 1. The molecule has 42 heavy (non-hydrogen) atoms. The van der Waals surface area contributed by atoms with Crippen molar-refractivity contribution in [2.24, 2.45) is 16.6 Å². The Bertz CT molecular complexity index is 1430. The maximum Gasteiger partial charge on any atom is 0.280 e. The number of nitrogens with two attached hydrogens (primary N) is 1. The van der Waals surface area contributed by atoms with Crippen LogP contribution in [0.15, 0.2) is 34.7 Å². The minimum atomic E-state index is -2.85. The van der Waals surface area contributed by atoms with Gasteiger partial charge in [-0.3, -0.25) is 29.8 Å². The molecule has 4 N–H and O–H groups in total. The highest BCUT2D eigenvalue weighted by Crippen LogP contribution is 2.45. The van der Waals surface area contributed by atoms with Gasteiger partial charge in [-0.05, 0) is 68.1 Å². The number of rotatable bonds is 5. The van der Waals surface area contributed by atoms with E-state index in [1.54, 1.807) is 11.0 Å². The summed E-state index contributed by atoms with van der Waals surface area (Å²) in [7, 11) is 3.30. The van der Waals surface area contributed by atoms with Gasteiger partial charge in [-0.2, -0.15) is 4.99 Å². The summed E-state index contributed by atoms with van der Waals surface area (Å²) in [5.74, 6) is 5.83. The fourth-order valence-electron chi connectivity index (χ4n) is 4.74. The first-order valence-electron chi connectivity index (χ1n) is 13.8. The van der Waals surface area contributed by atoms with Gasteiger partial charge in [0.2, 0.25) is 5.91 Å². The van der Waals surface area contributed by atoms with Gasteiger partial charge in [-0.25, -0.2) is 8.78 Å². The molecule has 1 aromatic heterocycles. The number of hydrogen-bond donors (Lipinski definition) is 3. The Labute approximate surface area is 249 Å². The van der Waals surface area contributed by atoms with Crippen molar-refractivity contribution in [2.75, 3.05) is 33.8 Å². The maximum atomic E-state index is 13.6. The number of ether oxygens (including phenoxy) is 1. The molecule has 13 heteroatoms. The molecule has 0 unspecified atom stereocenters. The van der Waals surface area contributed by atoms with Crippen LogP contribution in [0.25, 0.3) is 5.57 Å². The van der Waals surface area contributed by atoms with Crippen LogP contribution in [0.3, 0.4) is 0 Å². The van der Waals surface area contributed by atoms with Crippen LogP contribution in [0.4, 0.5) is 8.78 Å². The van der Waals surface area contributed by atoms with Crippen molar-refractivity contribution in [2.45, 2.75) is 51.5 Å². The van der Waals surface area contributed by atoms with Crippen molar-refractivity contribution in [1.29, 1.82) is 5.41 Å². The van der Waals surface area contributed by atoms with E-state index in [0.29, 0.717) is 24.8 Å². The van der Waals surface area contributed by atoms with Crippen LogP contribution >= 0.6 is 11.8 Å². The number of aromatic nitrogens is 1. The third-order valence-electron chi connectivity index (χ3n) is 7.37. The number of amidine groups is 1. The smallest absolute Gasteiger partial charge is 0.280 e. The van der Waals surface area contributed by atoms with Crippen LogP contribution in [0.5, 0.6) is 5.75 Å². The van der Waals surface area contributed by atoms with Crippen LogP contribution in [0.2, 0.25) is 0 Å². The van der Waals surface area contributed by atoms with Gasteiger partial charge >= 0.3 is 0 Å². The molecular formula is C29H37F2N7O3S. The number of carbonyl (C=O) groups excluding carboxylic acids is 2. The summed E-state index contributed by atoms with van der Waals surface area (Å²) in [4.78, 5) is 38.2. The molecule has 0 atom stereocenters. The summed E-state index contributed by atoms with van der Waals surface area (Å²) < 4.78 is 32.6. The molecule has 226 valence electrons.